The van der Waals surface area contributed by atoms with Gasteiger partial charge in [-0.25, -0.2) is 4.99 Å². The van der Waals surface area contributed by atoms with Gasteiger partial charge in [-0.2, -0.15) is 0 Å². The first-order chi connectivity index (χ1) is 18.9. The monoisotopic (exact) mass is 546 g/mol. The molecule has 1 heterocycles. The molecule has 0 spiro atoms. The molecule has 0 bridgehead atoms. The minimum Gasteiger partial charge on any atom is -0.494 e. The van der Waals surface area contributed by atoms with Crippen molar-refractivity contribution in [2.75, 3.05) is 28.7 Å². The largest absolute Gasteiger partial charge is 0.494 e. The number of nitrogens with zero attached hydrogens (tertiary/aromatic N) is 2. The van der Waals surface area contributed by atoms with Gasteiger partial charge < -0.3 is 20.1 Å². The van der Waals surface area contributed by atoms with Crippen molar-refractivity contribution in [1.82, 2.24) is 0 Å². The first-order valence-electron chi connectivity index (χ1n) is 12.6. The number of hydrogen-bond acceptors (Lipinski definition) is 7. The maximum Gasteiger partial charge on any atom is 0.238 e. The van der Waals surface area contributed by atoms with Crippen LogP contribution in [0.4, 0.5) is 22.7 Å². The fraction of sp³-hybridized carbons (Fsp3) is 0.241. The molecule has 1 aliphatic heterocycles. The maximum absolute atomic E-state index is 13.4. The summed E-state index contributed by atoms with van der Waals surface area (Å²) in [6.07, 6.45) is -0.00398. The Hall–Kier alpha value is -4.31. The third kappa shape index (κ3) is 7.38. The molecule has 0 radical (unpaired) electrons. The minimum atomic E-state index is -0.687. The lowest BCUT2D eigenvalue weighted by atomic mass is 10.2. The van der Waals surface area contributed by atoms with E-state index >= 15 is 0 Å². The Balaban J connectivity index is 1.58. The van der Waals surface area contributed by atoms with Gasteiger partial charge in [0, 0.05) is 24.7 Å². The van der Waals surface area contributed by atoms with Crippen molar-refractivity contribution >= 4 is 57.4 Å². The van der Waals surface area contributed by atoms with E-state index in [1.54, 1.807) is 60.7 Å². The predicted octanol–water partition coefficient (Wildman–Crippen LogP) is 5.61. The zero-order chi connectivity index (χ0) is 27.8. The van der Waals surface area contributed by atoms with Crippen molar-refractivity contribution in [3.63, 3.8) is 0 Å². The van der Waals surface area contributed by atoms with Crippen LogP contribution in [0.5, 0.6) is 11.5 Å². The molecule has 1 saturated heterocycles. The van der Waals surface area contributed by atoms with Gasteiger partial charge in [-0.3, -0.25) is 19.3 Å². The van der Waals surface area contributed by atoms with Crippen molar-refractivity contribution in [2.45, 2.75) is 32.4 Å². The molecule has 3 aromatic rings. The highest BCUT2D eigenvalue weighted by molar-refractivity contribution is 8.15. The first-order valence-corrected chi connectivity index (χ1v) is 13.5. The summed E-state index contributed by atoms with van der Waals surface area (Å²) in [5.74, 6) is 0.680. The van der Waals surface area contributed by atoms with Gasteiger partial charge in [0.25, 0.3) is 0 Å². The minimum absolute atomic E-state index is 0.00398. The maximum atomic E-state index is 13.4. The van der Waals surface area contributed by atoms with Gasteiger partial charge in [0.15, 0.2) is 5.17 Å². The van der Waals surface area contributed by atoms with Crippen LogP contribution in [0.3, 0.4) is 0 Å². The predicted molar refractivity (Wildman–Crippen MR) is 155 cm³/mol. The van der Waals surface area contributed by atoms with Crippen LogP contribution in [0.25, 0.3) is 0 Å². The van der Waals surface area contributed by atoms with E-state index in [2.05, 4.69) is 10.6 Å². The smallest absolute Gasteiger partial charge is 0.238 e. The van der Waals surface area contributed by atoms with Gasteiger partial charge in [0.05, 0.1) is 24.6 Å². The number of nitrogens with one attached hydrogen (secondary N) is 2. The molecule has 3 aromatic carbocycles. The van der Waals surface area contributed by atoms with Gasteiger partial charge in [-0.1, -0.05) is 11.8 Å². The number of anilines is 3. The van der Waals surface area contributed by atoms with Gasteiger partial charge in [-0.15, -0.1) is 0 Å². The second-order valence-corrected chi connectivity index (χ2v) is 9.71. The lowest BCUT2D eigenvalue weighted by Crippen LogP contribution is -2.45. The summed E-state index contributed by atoms with van der Waals surface area (Å²) < 4.78 is 11.1. The van der Waals surface area contributed by atoms with Crippen molar-refractivity contribution in [2.24, 2.45) is 4.99 Å². The number of carbonyl (C=O) groups is 3. The van der Waals surface area contributed by atoms with E-state index in [-0.39, 0.29) is 24.1 Å². The number of hydrogen-bond donors (Lipinski definition) is 2. The van der Waals surface area contributed by atoms with Crippen LogP contribution in [0.1, 0.15) is 27.2 Å². The summed E-state index contributed by atoms with van der Waals surface area (Å²) in [6.45, 7) is 6.33. The summed E-state index contributed by atoms with van der Waals surface area (Å²) in [7, 11) is 0. The molecule has 0 aliphatic carbocycles. The molecule has 1 unspecified atom stereocenters. The Bertz CT molecular complexity index is 1340. The third-order valence-electron chi connectivity index (χ3n) is 5.59. The number of amidine groups is 1. The standard InChI is InChI=1S/C29H30N4O5S/c1-4-37-24-14-10-22(11-15-24)32-29-33(23-12-16-25(17-13-23)38-5-2)27(35)18-26(39-29)28(36)31-21-8-6-20(7-9-21)30-19(3)34/h6-17,26H,4-5,18H2,1-3H3,(H,30,34)(H,31,36). The normalized spacial score (nSPS) is 16.1. The van der Waals surface area contributed by atoms with Crippen LogP contribution < -0.4 is 25.0 Å². The average molecular weight is 547 g/mol. The summed E-state index contributed by atoms with van der Waals surface area (Å²) in [5.41, 5.74) is 2.44. The molecule has 3 amide bonds. The van der Waals surface area contributed by atoms with E-state index in [0.717, 1.165) is 5.75 Å². The summed E-state index contributed by atoms with van der Waals surface area (Å²) >= 11 is 1.22. The number of amides is 3. The van der Waals surface area contributed by atoms with E-state index in [9.17, 15) is 14.4 Å². The molecule has 10 heteroatoms. The second-order valence-electron chi connectivity index (χ2n) is 8.54. The highest BCUT2D eigenvalue weighted by Crippen LogP contribution is 2.34. The molecular weight excluding hydrogens is 516 g/mol. The van der Waals surface area contributed by atoms with Crippen molar-refractivity contribution in [3.05, 3.63) is 72.8 Å². The lowest BCUT2D eigenvalue weighted by molar-refractivity contribution is -0.121. The fourth-order valence-electron chi connectivity index (χ4n) is 3.87. The fourth-order valence-corrected chi connectivity index (χ4v) is 4.99. The summed E-state index contributed by atoms with van der Waals surface area (Å²) in [4.78, 5) is 44.1. The summed E-state index contributed by atoms with van der Waals surface area (Å²) in [5, 5.41) is 5.25. The van der Waals surface area contributed by atoms with E-state index in [1.165, 1.54) is 23.6 Å². The highest BCUT2D eigenvalue weighted by atomic mass is 32.2. The molecule has 1 aliphatic rings. The molecule has 39 heavy (non-hydrogen) atoms. The Labute approximate surface area is 231 Å². The molecule has 2 N–H and O–H groups in total. The number of aliphatic imine (C=N–C) groups is 1. The molecular formula is C29H30N4O5S. The number of rotatable bonds is 9. The van der Waals surface area contributed by atoms with E-state index in [4.69, 9.17) is 14.5 Å². The van der Waals surface area contributed by atoms with Crippen molar-refractivity contribution in [3.8, 4) is 11.5 Å². The molecule has 1 atom stereocenters. The van der Waals surface area contributed by atoms with E-state index in [0.29, 0.717) is 46.9 Å². The van der Waals surface area contributed by atoms with Crippen LogP contribution in [0.2, 0.25) is 0 Å². The topological polar surface area (TPSA) is 109 Å². The Kier molecular flexibility index (Phi) is 9.22. The quantitative estimate of drug-likeness (QED) is 0.361. The van der Waals surface area contributed by atoms with Gasteiger partial charge >= 0.3 is 0 Å². The average Bonchev–Trinajstić information content (AvgIpc) is 2.91. The van der Waals surface area contributed by atoms with Crippen LogP contribution in [-0.2, 0) is 14.4 Å². The van der Waals surface area contributed by atoms with Gasteiger partial charge in [0.1, 0.15) is 16.7 Å². The lowest BCUT2D eigenvalue weighted by Gasteiger charge is -2.32. The van der Waals surface area contributed by atoms with E-state index in [1.807, 2.05) is 26.0 Å². The van der Waals surface area contributed by atoms with Crippen LogP contribution in [0, 0.1) is 0 Å². The zero-order valence-corrected chi connectivity index (χ0v) is 22.8. The number of carbonyl (C=O) groups excluding carboxylic acids is 3. The number of benzene rings is 3. The third-order valence-corrected chi connectivity index (χ3v) is 6.74. The number of thioether (sulfide) groups is 1. The van der Waals surface area contributed by atoms with Gasteiger partial charge in [0.2, 0.25) is 17.7 Å². The highest BCUT2D eigenvalue weighted by Gasteiger charge is 2.37. The number of ether oxygens (including phenoxy) is 2. The second kappa shape index (κ2) is 13.0. The van der Waals surface area contributed by atoms with Crippen molar-refractivity contribution in [1.29, 1.82) is 0 Å². The zero-order valence-electron chi connectivity index (χ0n) is 22.0. The molecule has 0 aromatic heterocycles. The molecule has 4 rings (SSSR count). The SMILES string of the molecule is CCOc1ccc(N=C2SC(C(=O)Nc3ccc(NC(C)=O)cc3)CC(=O)N2c2ccc(OCC)cc2)cc1. The van der Waals surface area contributed by atoms with Crippen LogP contribution in [-0.4, -0.2) is 41.4 Å². The Morgan fingerprint density at radius 3 is 1.95 bits per heavy atom. The van der Waals surface area contributed by atoms with Crippen LogP contribution in [0.15, 0.2) is 77.8 Å². The van der Waals surface area contributed by atoms with E-state index < -0.39 is 5.25 Å². The molecule has 9 nitrogen and oxygen atoms in total. The summed E-state index contributed by atoms with van der Waals surface area (Å²) in [6, 6.07) is 21.2. The van der Waals surface area contributed by atoms with Crippen LogP contribution >= 0.6 is 11.8 Å². The van der Waals surface area contributed by atoms with Crippen molar-refractivity contribution < 1.29 is 23.9 Å². The van der Waals surface area contributed by atoms with Gasteiger partial charge in [-0.05, 0) is 86.6 Å². The first kappa shape index (κ1) is 27.7. The molecule has 0 saturated carbocycles. The molecule has 1 fully saturated rings. The Morgan fingerprint density at radius 2 is 1.41 bits per heavy atom. The molecule has 202 valence electrons. The Morgan fingerprint density at radius 1 is 0.872 bits per heavy atom.